The minimum absolute atomic E-state index is 0.0589. The van der Waals surface area contributed by atoms with Crippen LogP contribution in [0.3, 0.4) is 0 Å². The summed E-state index contributed by atoms with van der Waals surface area (Å²) in [6.45, 7) is 0. The quantitative estimate of drug-likeness (QED) is 0.419. The smallest absolute Gasteiger partial charge is 0.417 e. The number of hydrogen-bond donors (Lipinski definition) is 0. The Morgan fingerprint density at radius 3 is 2.32 bits per heavy atom. The number of nitriles is 1. The Morgan fingerprint density at radius 2 is 1.71 bits per heavy atom. The van der Waals surface area contributed by atoms with Gasteiger partial charge in [-0.15, -0.1) is 11.8 Å². The minimum Gasteiger partial charge on any atom is -0.497 e. The molecule has 1 aromatic heterocycles. The lowest BCUT2D eigenvalue weighted by Gasteiger charge is -2.14. The molecule has 0 atom stereocenters. The molecule has 8 heteroatoms. The van der Waals surface area contributed by atoms with Crippen LogP contribution in [0.15, 0.2) is 59.6 Å². The molecule has 0 bridgehead atoms. The summed E-state index contributed by atoms with van der Waals surface area (Å²) in [4.78, 5) is 4.39. The molecule has 1 heterocycles. The average molecular weight is 444 g/mol. The number of rotatable bonds is 7. The van der Waals surface area contributed by atoms with Gasteiger partial charge in [-0.2, -0.15) is 18.4 Å². The van der Waals surface area contributed by atoms with Crippen LogP contribution in [0.2, 0.25) is 0 Å². The van der Waals surface area contributed by atoms with Gasteiger partial charge in [0.1, 0.15) is 22.6 Å². The maximum atomic E-state index is 13.7. The number of ether oxygens (including phenoxy) is 2. The number of pyridine rings is 1. The number of aromatic nitrogens is 1. The number of alkyl halides is 3. The van der Waals surface area contributed by atoms with Crippen LogP contribution in [0.25, 0.3) is 11.3 Å². The maximum absolute atomic E-state index is 13.7. The van der Waals surface area contributed by atoms with Gasteiger partial charge in [-0.1, -0.05) is 24.3 Å². The third-order valence-corrected chi connectivity index (χ3v) is 5.53. The van der Waals surface area contributed by atoms with Crippen molar-refractivity contribution < 1.29 is 22.6 Å². The summed E-state index contributed by atoms with van der Waals surface area (Å²) < 4.78 is 51.4. The van der Waals surface area contributed by atoms with Gasteiger partial charge in [-0.25, -0.2) is 4.98 Å². The zero-order valence-electron chi connectivity index (χ0n) is 16.9. The Hall–Kier alpha value is -3.18. The first-order valence-electron chi connectivity index (χ1n) is 9.28. The second-order valence-electron chi connectivity index (χ2n) is 6.52. The molecule has 0 saturated carbocycles. The SMILES string of the molecule is COc1ccc(CCSc2nc(-c3cccc(OC)c3)cc(C(F)(F)F)c2C#N)cc1. The summed E-state index contributed by atoms with van der Waals surface area (Å²) in [5, 5.41) is 9.50. The second kappa shape index (κ2) is 9.75. The van der Waals surface area contributed by atoms with Crippen LogP contribution in [0.4, 0.5) is 13.2 Å². The zero-order chi connectivity index (χ0) is 22.4. The molecule has 160 valence electrons. The Labute approximate surface area is 182 Å². The molecule has 3 aromatic rings. The van der Waals surface area contributed by atoms with E-state index in [0.717, 1.165) is 29.1 Å². The molecule has 0 aliphatic rings. The Morgan fingerprint density at radius 1 is 1.00 bits per heavy atom. The van der Waals surface area contributed by atoms with Gasteiger partial charge in [0.05, 0.1) is 31.0 Å². The van der Waals surface area contributed by atoms with Gasteiger partial charge in [0.15, 0.2) is 0 Å². The fourth-order valence-corrected chi connectivity index (χ4v) is 3.94. The van der Waals surface area contributed by atoms with Crippen LogP contribution in [0.1, 0.15) is 16.7 Å². The molecule has 31 heavy (non-hydrogen) atoms. The number of hydrogen-bond acceptors (Lipinski definition) is 5. The maximum Gasteiger partial charge on any atom is 0.417 e. The normalized spacial score (nSPS) is 11.1. The fraction of sp³-hybridized carbons (Fsp3) is 0.217. The van der Waals surface area contributed by atoms with E-state index in [4.69, 9.17) is 9.47 Å². The van der Waals surface area contributed by atoms with Gasteiger partial charge >= 0.3 is 6.18 Å². The number of nitrogens with zero attached hydrogens (tertiary/aromatic N) is 2. The van der Waals surface area contributed by atoms with Crippen molar-refractivity contribution in [2.24, 2.45) is 0 Å². The van der Waals surface area contributed by atoms with Gasteiger partial charge in [-0.05, 0) is 42.3 Å². The van der Waals surface area contributed by atoms with E-state index < -0.39 is 17.3 Å². The van der Waals surface area contributed by atoms with Gasteiger partial charge in [0.2, 0.25) is 0 Å². The largest absolute Gasteiger partial charge is 0.497 e. The molecule has 0 fully saturated rings. The van der Waals surface area contributed by atoms with Crippen molar-refractivity contribution in [1.82, 2.24) is 4.98 Å². The lowest BCUT2D eigenvalue weighted by atomic mass is 10.1. The predicted octanol–water partition coefficient (Wildman–Crippen LogP) is 5.99. The van der Waals surface area contributed by atoms with Gasteiger partial charge in [0.25, 0.3) is 0 Å². The van der Waals surface area contributed by atoms with Gasteiger partial charge < -0.3 is 9.47 Å². The molecule has 0 unspecified atom stereocenters. The Balaban J connectivity index is 1.94. The van der Waals surface area contributed by atoms with Crippen LogP contribution in [0, 0.1) is 11.3 Å². The van der Waals surface area contributed by atoms with Gasteiger partial charge in [-0.3, -0.25) is 0 Å². The molecule has 3 rings (SSSR count). The van der Waals surface area contributed by atoms with Crippen molar-refractivity contribution in [3.05, 3.63) is 71.3 Å². The molecule has 0 radical (unpaired) electrons. The third-order valence-electron chi connectivity index (χ3n) is 4.56. The summed E-state index contributed by atoms with van der Waals surface area (Å²) >= 11 is 1.13. The number of benzene rings is 2. The first-order valence-corrected chi connectivity index (χ1v) is 10.3. The molecule has 4 nitrogen and oxygen atoms in total. The molecular formula is C23H19F3N2O2S. The number of methoxy groups -OCH3 is 2. The molecule has 0 N–H and O–H groups in total. The van der Waals surface area contributed by atoms with E-state index in [1.165, 1.54) is 7.11 Å². The molecule has 0 saturated heterocycles. The van der Waals surface area contributed by atoms with E-state index in [-0.39, 0.29) is 10.7 Å². The van der Waals surface area contributed by atoms with E-state index in [2.05, 4.69) is 4.98 Å². The Bertz CT molecular complexity index is 1090. The van der Waals surface area contributed by atoms with Crippen molar-refractivity contribution >= 4 is 11.8 Å². The molecule has 2 aromatic carbocycles. The van der Waals surface area contributed by atoms with Crippen LogP contribution in [-0.4, -0.2) is 25.0 Å². The molecule has 0 spiro atoms. The van der Waals surface area contributed by atoms with E-state index in [1.54, 1.807) is 37.4 Å². The van der Waals surface area contributed by atoms with Crippen LogP contribution < -0.4 is 9.47 Å². The van der Waals surface area contributed by atoms with Crippen LogP contribution in [-0.2, 0) is 12.6 Å². The topological polar surface area (TPSA) is 55.1 Å². The van der Waals surface area contributed by atoms with Crippen molar-refractivity contribution in [2.75, 3.05) is 20.0 Å². The average Bonchev–Trinajstić information content (AvgIpc) is 2.78. The zero-order valence-corrected chi connectivity index (χ0v) is 17.7. The van der Waals surface area contributed by atoms with E-state index in [1.807, 2.05) is 24.3 Å². The van der Waals surface area contributed by atoms with Crippen molar-refractivity contribution in [3.63, 3.8) is 0 Å². The van der Waals surface area contributed by atoms with Gasteiger partial charge in [0, 0.05) is 11.3 Å². The lowest BCUT2D eigenvalue weighted by molar-refractivity contribution is -0.138. The highest BCUT2D eigenvalue weighted by atomic mass is 32.2. The molecule has 0 aliphatic carbocycles. The van der Waals surface area contributed by atoms with E-state index in [0.29, 0.717) is 23.5 Å². The van der Waals surface area contributed by atoms with E-state index in [9.17, 15) is 18.4 Å². The van der Waals surface area contributed by atoms with E-state index >= 15 is 0 Å². The predicted molar refractivity (Wildman–Crippen MR) is 113 cm³/mol. The number of aryl methyl sites for hydroxylation is 1. The molecule has 0 aliphatic heterocycles. The minimum atomic E-state index is -4.67. The third kappa shape index (κ3) is 5.50. The number of halogens is 3. The summed E-state index contributed by atoms with van der Waals surface area (Å²) in [7, 11) is 3.06. The molecule has 0 amide bonds. The second-order valence-corrected chi connectivity index (χ2v) is 7.61. The first-order chi connectivity index (χ1) is 14.9. The molecular weight excluding hydrogens is 425 g/mol. The fourth-order valence-electron chi connectivity index (χ4n) is 2.95. The summed E-state index contributed by atoms with van der Waals surface area (Å²) in [6.07, 6.45) is -4.07. The van der Waals surface area contributed by atoms with Crippen molar-refractivity contribution in [2.45, 2.75) is 17.6 Å². The highest BCUT2D eigenvalue weighted by Gasteiger charge is 2.36. The monoisotopic (exact) mass is 444 g/mol. The number of thioether (sulfide) groups is 1. The highest BCUT2D eigenvalue weighted by molar-refractivity contribution is 7.99. The standard InChI is InChI=1S/C23H19F3N2O2S/c1-29-17-8-6-15(7-9-17)10-11-31-22-19(14-27)20(23(24,25)26)13-21(28-22)16-4-3-5-18(12-16)30-2/h3-9,12-13H,10-11H2,1-2H3. The van der Waals surface area contributed by atoms with Crippen molar-refractivity contribution in [1.29, 1.82) is 5.26 Å². The summed E-state index contributed by atoms with van der Waals surface area (Å²) in [5.41, 5.74) is 0.170. The summed E-state index contributed by atoms with van der Waals surface area (Å²) in [5.74, 6) is 1.70. The van der Waals surface area contributed by atoms with Crippen LogP contribution >= 0.6 is 11.8 Å². The summed E-state index contributed by atoms with van der Waals surface area (Å²) in [6, 6.07) is 16.7. The highest BCUT2D eigenvalue weighted by Crippen LogP contribution is 2.38. The Kier molecular flexibility index (Phi) is 7.08. The lowest BCUT2D eigenvalue weighted by Crippen LogP contribution is -2.10. The van der Waals surface area contributed by atoms with Crippen molar-refractivity contribution in [3.8, 4) is 28.8 Å². The first kappa shape index (κ1) is 22.5. The van der Waals surface area contributed by atoms with Crippen LogP contribution in [0.5, 0.6) is 11.5 Å².